The molecule has 0 aliphatic carbocycles. The number of nitrogens with two attached hydrogens (primary N) is 1. The van der Waals surface area contributed by atoms with Crippen LogP contribution in [-0.4, -0.2) is 13.1 Å². The van der Waals surface area contributed by atoms with Gasteiger partial charge in [0.25, 0.3) is 0 Å². The van der Waals surface area contributed by atoms with Crippen LogP contribution in [0.5, 0.6) is 0 Å². The van der Waals surface area contributed by atoms with Crippen molar-refractivity contribution in [3.8, 4) is 0 Å². The summed E-state index contributed by atoms with van der Waals surface area (Å²) in [5, 5.41) is 0.644. The molecule has 1 aliphatic heterocycles. The van der Waals surface area contributed by atoms with Crippen LogP contribution in [-0.2, 0) is 0 Å². The van der Waals surface area contributed by atoms with Crippen molar-refractivity contribution < 1.29 is 0 Å². The molecule has 0 radical (unpaired) electrons. The normalized spacial score (nSPS) is 17.1. The molecule has 1 heterocycles. The van der Waals surface area contributed by atoms with E-state index in [2.05, 4.69) is 4.90 Å². The molecule has 1 fully saturated rings. The molecule has 0 bridgehead atoms. The topological polar surface area (TPSA) is 29.3 Å². The average molecular weight is 211 g/mol. The predicted octanol–water partition coefficient (Wildman–Crippen LogP) is 2.91. The molecule has 0 amide bonds. The van der Waals surface area contributed by atoms with Crippen molar-refractivity contribution in [2.75, 3.05) is 23.7 Å². The minimum atomic E-state index is 0.644. The van der Waals surface area contributed by atoms with Gasteiger partial charge in [-0.15, -0.1) is 0 Å². The van der Waals surface area contributed by atoms with Crippen molar-refractivity contribution in [1.82, 2.24) is 0 Å². The number of halogens is 1. The Morgan fingerprint density at radius 1 is 1.14 bits per heavy atom. The Labute approximate surface area is 89.7 Å². The van der Waals surface area contributed by atoms with E-state index >= 15 is 0 Å². The lowest BCUT2D eigenvalue weighted by Crippen LogP contribution is -2.29. The predicted molar refractivity (Wildman–Crippen MR) is 61.9 cm³/mol. The largest absolute Gasteiger partial charge is 0.397 e. The highest BCUT2D eigenvalue weighted by Gasteiger charge is 2.11. The Kier molecular flexibility index (Phi) is 2.82. The van der Waals surface area contributed by atoms with Crippen molar-refractivity contribution >= 4 is 23.0 Å². The average Bonchev–Trinajstić information content (AvgIpc) is 2.23. The van der Waals surface area contributed by atoms with Gasteiger partial charge in [0, 0.05) is 18.8 Å². The zero-order valence-corrected chi connectivity index (χ0v) is 8.93. The molecule has 0 saturated carbocycles. The van der Waals surface area contributed by atoms with Crippen molar-refractivity contribution in [3.05, 3.63) is 23.2 Å². The van der Waals surface area contributed by atoms with Gasteiger partial charge in [-0.2, -0.15) is 0 Å². The fraction of sp³-hybridized carbons (Fsp3) is 0.455. The van der Waals surface area contributed by atoms with Crippen LogP contribution in [0.4, 0.5) is 11.4 Å². The lowest BCUT2D eigenvalue weighted by atomic mass is 10.1. The highest BCUT2D eigenvalue weighted by atomic mass is 35.5. The summed E-state index contributed by atoms with van der Waals surface area (Å²) in [7, 11) is 0. The van der Waals surface area contributed by atoms with Gasteiger partial charge < -0.3 is 10.6 Å². The van der Waals surface area contributed by atoms with E-state index in [0.29, 0.717) is 10.7 Å². The van der Waals surface area contributed by atoms with Gasteiger partial charge in [-0.05, 0) is 37.5 Å². The van der Waals surface area contributed by atoms with E-state index in [1.54, 1.807) is 0 Å². The molecule has 0 spiro atoms. The number of anilines is 2. The van der Waals surface area contributed by atoms with E-state index in [1.807, 2.05) is 18.2 Å². The number of nitrogen functional groups attached to an aromatic ring is 1. The van der Waals surface area contributed by atoms with Crippen molar-refractivity contribution in [2.24, 2.45) is 0 Å². The maximum Gasteiger partial charge on any atom is 0.0636 e. The third-order valence-electron chi connectivity index (χ3n) is 2.70. The first-order chi connectivity index (χ1) is 6.77. The fourth-order valence-electron chi connectivity index (χ4n) is 1.88. The third-order valence-corrected chi connectivity index (χ3v) is 3.04. The van der Waals surface area contributed by atoms with Crippen LogP contribution < -0.4 is 10.6 Å². The maximum absolute atomic E-state index is 5.88. The third kappa shape index (κ3) is 1.95. The van der Waals surface area contributed by atoms with Gasteiger partial charge in [-0.1, -0.05) is 11.6 Å². The van der Waals surface area contributed by atoms with E-state index in [1.165, 1.54) is 24.9 Å². The van der Waals surface area contributed by atoms with Crippen molar-refractivity contribution in [3.63, 3.8) is 0 Å². The first kappa shape index (κ1) is 9.66. The van der Waals surface area contributed by atoms with Crippen LogP contribution >= 0.6 is 11.6 Å². The summed E-state index contributed by atoms with van der Waals surface area (Å²) in [6, 6.07) is 5.89. The number of rotatable bonds is 1. The second-order valence-electron chi connectivity index (χ2n) is 3.75. The molecule has 1 aromatic rings. The number of hydrogen-bond donors (Lipinski definition) is 1. The van der Waals surface area contributed by atoms with Gasteiger partial charge in [-0.25, -0.2) is 0 Å². The Bertz CT molecular complexity index is 319. The molecule has 14 heavy (non-hydrogen) atoms. The van der Waals surface area contributed by atoms with E-state index in [9.17, 15) is 0 Å². The highest BCUT2D eigenvalue weighted by Crippen LogP contribution is 2.26. The molecular formula is C11H15ClN2. The quantitative estimate of drug-likeness (QED) is 0.723. The SMILES string of the molecule is Nc1cc(N2CCCCC2)ccc1Cl. The molecule has 1 aliphatic rings. The molecule has 2 nitrogen and oxygen atoms in total. The van der Waals surface area contributed by atoms with Crippen LogP contribution in [0.25, 0.3) is 0 Å². The van der Waals surface area contributed by atoms with Crippen LogP contribution in [0.2, 0.25) is 5.02 Å². The van der Waals surface area contributed by atoms with Crippen LogP contribution in [0.1, 0.15) is 19.3 Å². The van der Waals surface area contributed by atoms with E-state index in [-0.39, 0.29) is 0 Å². The minimum absolute atomic E-state index is 0.644. The summed E-state index contributed by atoms with van der Waals surface area (Å²) in [5.41, 5.74) is 7.64. The molecule has 1 saturated heterocycles. The summed E-state index contributed by atoms with van der Waals surface area (Å²) in [4.78, 5) is 2.37. The molecule has 0 unspecified atom stereocenters. The van der Waals surface area contributed by atoms with Crippen molar-refractivity contribution in [1.29, 1.82) is 0 Å². The fourth-order valence-corrected chi connectivity index (χ4v) is 2.00. The standard InChI is InChI=1S/C11H15ClN2/c12-10-5-4-9(8-11(10)13)14-6-2-1-3-7-14/h4-5,8H,1-3,6-7,13H2. The monoisotopic (exact) mass is 210 g/mol. The first-order valence-corrected chi connectivity index (χ1v) is 5.45. The second kappa shape index (κ2) is 4.09. The van der Waals surface area contributed by atoms with E-state index in [0.717, 1.165) is 13.1 Å². The molecule has 3 heteroatoms. The van der Waals surface area contributed by atoms with Gasteiger partial charge in [-0.3, -0.25) is 0 Å². The highest BCUT2D eigenvalue weighted by molar-refractivity contribution is 6.33. The van der Waals surface area contributed by atoms with Gasteiger partial charge in [0.05, 0.1) is 10.7 Å². The number of hydrogen-bond acceptors (Lipinski definition) is 2. The van der Waals surface area contributed by atoms with Crippen LogP contribution in [0.15, 0.2) is 18.2 Å². The lowest BCUT2D eigenvalue weighted by molar-refractivity contribution is 0.578. The summed E-state index contributed by atoms with van der Waals surface area (Å²) >= 11 is 5.88. The Balaban J connectivity index is 2.18. The number of piperidine rings is 1. The minimum Gasteiger partial charge on any atom is -0.397 e. The summed E-state index contributed by atoms with van der Waals surface area (Å²) in [5.74, 6) is 0. The molecule has 2 N–H and O–H groups in total. The molecule has 76 valence electrons. The molecule has 0 atom stereocenters. The smallest absolute Gasteiger partial charge is 0.0636 e. The summed E-state index contributed by atoms with van der Waals surface area (Å²) in [6.45, 7) is 2.28. The van der Waals surface area contributed by atoms with Crippen molar-refractivity contribution in [2.45, 2.75) is 19.3 Å². The van der Waals surface area contributed by atoms with Gasteiger partial charge in [0.15, 0.2) is 0 Å². The Hall–Kier alpha value is -0.890. The maximum atomic E-state index is 5.88. The van der Waals surface area contributed by atoms with E-state index < -0.39 is 0 Å². The van der Waals surface area contributed by atoms with Crippen LogP contribution in [0, 0.1) is 0 Å². The molecular weight excluding hydrogens is 196 g/mol. The van der Waals surface area contributed by atoms with Gasteiger partial charge in [0.2, 0.25) is 0 Å². The Morgan fingerprint density at radius 2 is 1.86 bits per heavy atom. The number of benzene rings is 1. The summed E-state index contributed by atoms with van der Waals surface area (Å²) < 4.78 is 0. The zero-order valence-electron chi connectivity index (χ0n) is 8.17. The van der Waals surface area contributed by atoms with Gasteiger partial charge >= 0.3 is 0 Å². The summed E-state index contributed by atoms with van der Waals surface area (Å²) in [6.07, 6.45) is 3.91. The molecule has 2 rings (SSSR count). The van der Waals surface area contributed by atoms with Crippen LogP contribution in [0.3, 0.4) is 0 Å². The Morgan fingerprint density at radius 3 is 2.50 bits per heavy atom. The van der Waals surface area contributed by atoms with Gasteiger partial charge in [0.1, 0.15) is 0 Å². The lowest BCUT2D eigenvalue weighted by Gasteiger charge is -2.29. The molecule has 1 aromatic carbocycles. The van der Waals surface area contributed by atoms with E-state index in [4.69, 9.17) is 17.3 Å². The zero-order chi connectivity index (χ0) is 9.97. The first-order valence-electron chi connectivity index (χ1n) is 5.07. The number of nitrogens with zero attached hydrogens (tertiary/aromatic N) is 1. The second-order valence-corrected chi connectivity index (χ2v) is 4.16. The molecule has 0 aromatic heterocycles.